The molecule has 0 aliphatic rings. The van der Waals surface area contributed by atoms with Gasteiger partial charge in [0.25, 0.3) is 0 Å². The molecule has 0 radical (unpaired) electrons. The van der Waals surface area contributed by atoms with Gasteiger partial charge in [-0.25, -0.2) is 4.98 Å². The van der Waals surface area contributed by atoms with Crippen LogP contribution in [0, 0.1) is 6.92 Å². The molecule has 7 heteroatoms. The van der Waals surface area contributed by atoms with E-state index in [1.54, 1.807) is 24.4 Å². The molecule has 0 bridgehead atoms. The van der Waals surface area contributed by atoms with Crippen molar-refractivity contribution in [2.75, 3.05) is 0 Å². The number of aromatic amines is 1. The van der Waals surface area contributed by atoms with E-state index < -0.39 is 6.61 Å². The minimum Gasteiger partial charge on any atom is -0.435 e. The van der Waals surface area contributed by atoms with Crippen molar-refractivity contribution in [2.24, 2.45) is 0 Å². The van der Waals surface area contributed by atoms with Crippen LogP contribution in [0.1, 0.15) is 17.0 Å². The SMILES string of the molecule is Cc1nc2ccc(-c3cn[nH]c3)cn2c1Cc1ccccc1OC(F)F. The van der Waals surface area contributed by atoms with E-state index in [1.165, 1.54) is 0 Å². The summed E-state index contributed by atoms with van der Waals surface area (Å²) in [7, 11) is 0. The lowest BCUT2D eigenvalue weighted by molar-refractivity contribution is -0.0503. The van der Waals surface area contributed by atoms with E-state index >= 15 is 0 Å². The molecule has 1 N–H and O–H groups in total. The molecule has 0 fully saturated rings. The van der Waals surface area contributed by atoms with Crippen LogP contribution in [0.4, 0.5) is 8.78 Å². The van der Waals surface area contributed by atoms with Gasteiger partial charge in [-0.15, -0.1) is 0 Å². The molecule has 26 heavy (non-hydrogen) atoms. The third kappa shape index (κ3) is 3.03. The first-order valence-corrected chi connectivity index (χ1v) is 8.11. The van der Waals surface area contributed by atoms with E-state index in [9.17, 15) is 8.78 Å². The Bertz CT molecular complexity index is 1040. The number of alkyl halides is 2. The van der Waals surface area contributed by atoms with Crippen LogP contribution >= 0.6 is 0 Å². The van der Waals surface area contributed by atoms with Gasteiger partial charge in [0.15, 0.2) is 0 Å². The van der Waals surface area contributed by atoms with Crippen molar-refractivity contribution in [1.82, 2.24) is 19.6 Å². The van der Waals surface area contributed by atoms with Crippen molar-refractivity contribution in [2.45, 2.75) is 20.0 Å². The Labute approximate surface area is 148 Å². The number of H-pyrrole nitrogens is 1. The number of pyridine rings is 1. The molecular formula is C19H16F2N4O. The Morgan fingerprint density at radius 2 is 2.00 bits per heavy atom. The number of fused-ring (bicyclic) bond motifs is 1. The number of aromatic nitrogens is 4. The smallest absolute Gasteiger partial charge is 0.387 e. The maximum Gasteiger partial charge on any atom is 0.387 e. The number of ether oxygens (including phenoxy) is 1. The highest BCUT2D eigenvalue weighted by molar-refractivity contribution is 5.63. The molecule has 132 valence electrons. The third-order valence-electron chi connectivity index (χ3n) is 4.30. The number of halogens is 2. The molecule has 3 heterocycles. The topological polar surface area (TPSA) is 55.2 Å². The first-order chi connectivity index (χ1) is 12.6. The Kier molecular flexibility index (Phi) is 4.12. The number of rotatable bonds is 5. The molecule has 3 aromatic heterocycles. The van der Waals surface area contributed by atoms with E-state index in [-0.39, 0.29) is 5.75 Å². The van der Waals surface area contributed by atoms with Crippen LogP contribution in [0.15, 0.2) is 55.0 Å². The summed E-state index contributed by atoms with van der Waals surface area (Å²) in [5.74, 6) is 0.183. The van der Waals surface area contributed by atoms with Crippen LogP contribution in [0.2, 0.25) is 0 Å². The molecule has 0 saturated heterocycles. The molecule has 0 unspecified atom stereocenters. The lowest BCUT2D eigenvalue weighted by Gasteiger charge is -2.11. The summed E-state index contributed by atoms with van der Waals surface area (Å²) >= 11 is 0. The van der Waals surface area contributed by atoms with E-state index in [1.807, 2.05) is 41.9 Å². The maximum atomic E-state index is 12.7. The number of hydrogen-bond acceptors (Lipinski definition) is 3. The normalized spacial score (nSPS) is 11.4. The van der Waals surface area contributed by atoms with Crippen molar-refractivity contribution in [1.29, 1.82) is 0 Å². The van der Waals surface area contributed by atoms with Crippen LogP contribution in [-0.2, 0) is 6.42 Å². The zero-order valence-corrected chi connectivity index (χ0v) is 14.0. The monoisotopic (exact) mass is 354 g/mol. The molecule has 0 amide bonds. The number of para-hydroxylation sites is 1. The lowest BCUT2D eigenvalue weighted by Crippen LogP contribution is -2.05. The molecule has 0 aliphatic carbocycles. The summed E-state index contributed by atoms with van der Waals surface area (Å²) in [4.78, 5) is 4.57. The van der Waals surface area contributed by atoms with Crippen LogP contribution < -0.4 is 4.74 Å². The average molecular weight is 354 g/mol. The summed E-state index contributed by atoms with van der Waals surface area (Å²) in [5, 5.41) is 6.77. The predicted molar refractivity (Wildman–Crippen MR) is 93.4 cm³/mol. The summed E-state index contributed by atoms with van der Waals surface area (Å²) in [6.07, 6.45) is 5.98. The van der Waals surface area contributed by atoms with Crippen molar-refractivity contribution in [3.05, 3.63) is 71.9 Å². The van der Waals surface area contributed by atoms with E-state index in [0.717, 1.165) is 28.2 Å². The first kappa shape index (κ1) is 16.3. The number of nitrogens with one attached hydrogen (secondary N) is 1. The minimum atomic E-state index is -2.85. The van der Waals surface area contributed by atoms with Gasteiger partial charge in [-0.2, -0.15) is 13.9 Å². The number of imidazole rings is 1. The van der Waals surface area contributed by atoms with Gasteiger partial charge in [0.05, 0.1) is 11.9 Å². The minimum absolute atomic E-state index is 0.183. The predicted octanol–water partition coefficient (Wildman–Crippen LogP) is 4.23. The Morgan fingerprint density at radius 1 is 1.15 bits per heavy atom. The third-order valence-corrected chi connectivity index (χ3v) is 4.30. The molecule has 4 aromatic rings. The standard InChI is InChI=1S/C19H16F2N4O/c1-12-16(8-13-4-2-3-5-17(13)26-19(20)21)25-11-14(6-7-18(25)24-12)15-9-22-23-10-15/h2-7,9-11,19H,8H2,1H3,(H,22,23). The number of hydrogen-bond donors (Lipinski definition) is 1. The van der Waals surface area contributed by atoms with E-state index in [0.29, 0.717) is 12.0 Å². The molecular weight excluding hydrogens is 338 g/mol. The summed E-state index contributed by atoms with van der Waals surface area (Å²) in [6, 6.07) is 10.7. The Morgan fingerprint density at radius 3 is 2.77 bits per heavy atom. The fourth-order valence-corrected chi connectivity index (χ4v) is 3.04. The second-order valence-electron chi connectivity index (χ2n) is 5.94. The van der Waals surface area contributed by atoms with Gasteiger partial charge in [-0.3, -0.25) is 5.10 Å². The quantitative estimate of drug-likeness (QED) is 0.584. The van der Waals surface area contributed by atoms with Gasteiger partial charge >= 0.3 is 6.61 Å². The number of nitrogens with zero attached hydrogens (tertiary/aromatic N) is 3. The molecule has 0 atom stereocenters. The van der Waals surface area contributed by atoms with Gasteiger partial charge in [0.1, 0.15) is 11.4 Å². The van der Waals surface area contributed by atoms with E-state index in [4.69, 9.17) is 0 Å². The molecule has 5 nitrogen and oxygen atoms in total. The van der Waals surface area contributed by atoms with Crippen LogP contribution in [0.25, 0.3) is 16.8 Å². The molecule has 0 saturated carbocycles. The van der Waals surface area contributed by atoms with Gasteiger partial charge < -0.3 is 9.14 Å². The summed E-state index contributed by atoms with van der Waals surface area (Å²) in [5.41, 5.74) is 5.22. The van der Waals surface area contributed by atoms with Gasteiger partial charge in [-0.05, 0) is 25.1 Å². The Hall–Kier alpha value is -3.22. The van der Waals surface area contributed by atoms with Crippen molar-refractivity contribution in [3.8, 4) is 16.9 Å². The summed E-state index contributed by atoms with van der Waals surface area (Å²) < 4.78 is 32.0. The van der Waals surface area contributed by atoms with Crippen LogP contribution in [0.3, 0.4) is 0 Å². The van der Waals surface area contributed by atoms with Crippen LogP contribution in [-0.4, -0.2) is 26.2 Å². The fourth-order valence-electron chi connectivity index (χ4n) is 3.04. The number of aryl methyl sites for hydroxylation is 1. The zero-order chi connectivity index (χ0) is 18.1. The first-order valence-electron chi connectivity index (χ1n) is 8.11. The highest BCUT2D eigenvalue weighted by Crippen LogP contribution is 2.26. The molecule has 0 spiro atoms. The molecule has 0 aliphatic heterocycles. The van der Waals surface area contributed by atoms with Gasteiger partial charge in [-0.1, -0.05) is 18.2 Å². The largest absolute Gasteiger partial charge is 0.435 e. The lowest BCUT2D eigenvalue weighted by atomic mass is 10.1. The van der Waals surface area contributed by atoms with Gasteiger partial charge in [0.2, 0.25) is 0 Å². The maximum absolute atomic E-state index is 12.7. The van der Waals surface area contributed by atoms with Gasteiger partial charge in [0, 0.05) is 41.2 Å². The van der Waals surface area contributed by atoms with E-state index in [2.05, 4.69) is 19.9 Å². The Balaban J connectivity index is 1.77. The second-order valence-corrected chi connectivity index (χ2v) is 5.94. The highest BCUT2D eigenvalue weighted by Gasteiger charge is 2.15. The van der Waals surface area contributed by atoms with Crippen molar-refractivity contribution in [3.63, 3.8) is 0 Å². The average Bonchev–Trinajstić information content (AvgIpc) is 3.24. The van der Waals surface area contributed by atoms with Crippen LogP contribution in [0.5, 0.6) is 5.75 Å². The fraction of sp³-hybridized carbons (Fsp3) is 0.158. The zero-order valence-electron chi connectivity index (χ0n) is 14.0. The summed E-state index contributed by atoms with van der Waals surface area (Å²) in [6.45, 7) is -0.941. The number of benzene rings is 1. The van der Waals surface area contributed by atoms with Crippen molar-refractivity contribution < 1.29 is 13.5 Å². The molecule has 4 rings (SSSR count). The molecule has 1 aromatic carbocycles. The second kappa shape index (κ2) is 6.59. The van der Waals surface area contributed by atoms with Crippen molar-refractivity contribution >= 4 is 5.65 Å². The highest BCUT2D eigenvalue weighted by atomic mass is 19.3.